The maximum atomic E-state index is 13.8. The van der Waals surface area contributed by atoms with Crippen LogP contribution in [0.3, 0.4) is 0 Å². The number of hydrogen-bond donors (Lipinski definition) is 1. The van der Waals surface area contributed by atoms with Crippen molar-refractivity contribution in [3.05, 3.63) is 58.4 Å². The largest absolute Gasteiger partial charge is 0.495 e. The highest BCUT2D eigenvalue weighted by molar-refractivity contribution is 6.33. The van der Waals surface area contributed by atoms with E-state index in [9.17, 15) is 4.39 Å². The molecule has 0 aliphatic carbocycles. The summed E-state index contributed by atoms with van der Waals surface area (Å²) in [6.45, 7) is 0. The summed E-state index contributed by atoms with van der Waals surface area (Å²) < 4.78 is 24.2. The van der Waals surface area contributed by atoms with Crippen LogP contribution in [-0.4, -0.2) is 14.2 Å². The van der Waals surface area contributed by atoms with Crippen molar-refractivity contribution in [1.29, 1.82) is 0 Å². The third-order valence-electron chi connectivity index (χ3n) is 3.09. The smallest absolute Gasteiger partial charge is 0.146 e. The first-order valence-corrected chi connectivity index (χ1v) is 6.38. The number of methoxy groups -OCH3 is 2. The topological polar surface area (TPSA) is 44.5 Å². The lowest BCUT2D eigenvalue weighted by Gasteiger charge is -2.19. The molecule has 0 aliphatic rings. The predicted octanol–water partition coefficient (Wildman–Crippen LogP) is 3.54. The van der Waals surface area contributed by atoms with Gasteiger partial charge in [0.05, 0.1) is 20.3 Å². The number of nitrogens with two attached hydrogens (primary N) is 1. The highest BCUT2D eigenvalue weighted by atomic mass is 35.5. The summed E-state index contributed by atoms with van der Waals surface area (Å²) in [7, 11) is 3.00. The number of ether oxygens (including phenoxy) is 2. The first-order valence-electron chi connectivity index (χ1n) is 6.00. The average molecular weight is 296 g/mol. The Balaban J connectivity index is 2.53. The van der Waals surface area contributed by atoms with Crippen molar-refractivity contribution in [1.82, 2.24) is 0 Å². The van der Waals surface area contributed by atoms with Crippen LogP contribution in [0.5, 0.6) is 11.5 Å². The summed E-state index contributed by atoms with van der Waals surface area (Å²) in [6.07, 6.45) is 0. The lowest BCUT2D eigenvalue weighted by Crippen LogP contribution is -2.15. The van der Waals surface area contributed by atoms with Gasteiger partial charge in [-0.25, -0.2) is 4.39 Å². The Morgan fingerprint density at radius 3 is 2.35 bits per heavy atom. The molecule has 0 aliphatic heterocycles. The molecule has 0 heterocycles. The first kappa shape index (κ1) is 14.6. The van der Waals surface area contributed by atoms with Crippen molar-refractivity contribution in [2.75, 3.05) is 14.2 Å². The average Bonchev–Trinajstić information content (AvgIpc) is 2.46. The van der Waals surface area contributed by atoms with Gasteiger partial charge >= 0.3 is 0 Å². The van der Waals surface area contributed by atoms with Crippen LogP contribution >= 0.6 is 11.6 Å². The standard InChI is InChI=1S/C15H15ClFNO2/c1-19-12-8-7-10(15(20-2)13(12)16)14(18)9-5-3-4-6-11(9)17/h3-8,14H,18H2,1-2H3. The van der Waals surface area contributed by atoms with Gasteiger partial charge in [-0.3, -0.25) is 0 Å². The van der Waals surface area contributed by atoms with Gasteiger partial charge < -0.3 is 15.2 Å². The molecule has 106 valence electrons. The Labute approximate surface area is 122 Å². The van der Waals surface area contributed by atoms with Gasteiger partial charge in [-0.2, -0.15) is 0 Å². The van der Waals surface area contributed by atoms with Crippen molar-refractivity contribution < 1.29 is 13.9 Å². The summed E-state index contributed by atoms with van der Waals surface area (Å²) in [5.41, 5.74) is 7.12. The van der Waals surface area contributed by atoms with Crippen LogP contribution in [0, 0.1) is 5.82 Å². The molecule has 0 saturated carbocycles. The fraction of sp³-hybridized carbons (Fsp3) is 0.200. The van der Waals surface area contributed by atoms with Crippen LogP contribution in [0.1, 0.15) is 17.2 Å². The Bertz CT molecular complexity index is 619. The van der Waals surface area contributed by atoms with E-state index in [4.69, 9.17) is 26.8 Å². The zero-order valence-corrected chi connectivity index (χ0v) is 11.9. The Hall–Kier alpha value is -1.78. The number of benzene rings is 2. The van der Waals surface area contributed by atoms with Crippen LogP contribution in [0.25, 0.3) is 0 Å². The maximum Gasteiger partial charge on any atom is 0.146 e. The molecular formula is C15H15ClFNO2. The van der Waals surface area contributed by atoms with Gasteiger partial charge in [-0.1, -0.05) is 29.8 Å². The first-order chi connectivity index (χ1) is 9.60. The maximum absolute atomic E-state index is 13.8. The van der Waals surface area contributed by atoms with Gasteiger partial charge in [0, 0.05) is 11.1 Å². The molecule has 20 heavy (non-hydrogen) atoms. The zero-order chi connectivity index (χ0) is 14.7. The third kappa shape index (κ3) is 2.57. The van der Waals surface area contributed by atoms with Gasteiger partial charge in [0.1, 0.15) is 22.3 Å². The molecule has 3 nitrogen and oxygen atoms in total. The van der Waals surface area contributed by atoms with E-state index in [1.807, 2.05) is 0 Å². The van der Waals surface area contributed by atoms with E-state index in [-0.39, 0.29) is 5.82 Å². The van der Waals surface area contributed by atoms with E-state index < -0.39 is 6.04 Å². The predicted molar refractivity (Wildman–Crippen MR) is 77.0 cm³/mol. The molecule has 1 unspecified atom stereocenters. The lowest BCUT2D eigenvalue weighted by molar-refractivity contribution is 0.390. The molecule has 0 fully saturated rings. The molecule has 2 rings (SSSR count). The molecule has 2 N–H and O–H groups in total. The number of halogens is 2. The Morgan fingerprint density at radius 2 is 1.75 bits per heavy atom. The molecule has 2 aromatic rings. The highest BCUT2D eigenvalue weighted by Crippen LogP contribution is 2.40. The van der Waals surface area contributed by atoms with Crippen molar-refractivity contribution in [2.24, 2.45) is 5.73 Å². The highest BCUT2D eigenvalue weighted by Gasteiger charge is 2.21. The second kappa shape index (κ2) is 6.11. The van der Waals surface area contributed by atoms with Gasteiger partial charge in [-0.05, 0) is 18.2 Å². The Morgan fingerprint density at radius 1 is 1.05 bits per heavy atom. The minimum atomic E-state index is -0.672. The molecule has 0 saturated heterocycles. The summed E-state index contributed by atoms with van der Waals surface area (Å²) in [5, 5.41) is 0.319. The fourth-order valence-corrected chi connectivity index (χ4v) is 2.38. The van der Waals surface area contributed by atoms with Crippen molar-refractivity contribution in [2.45, 2.75) is 6.04 Å². The van der Waals surface area contributed by atoms with E-state index in [0.29, 0.717) is 27.6 Å². The van der Waals surface area contributed by atoms with Crippen molar-refractivity contribution >= 4 is 11.6 Å². The summed E-state index contributed by atoms with van der Waals surface area (Å²) in [4.78, 5) is 0. The molecule has 0 spiro atoms. The molecule has 0 radical (unpaired) electrons. The normalized spacial score (nSPS) is 12.1. The van der Waals surface area contributed by atoms with Gasteiger partial charge in [-0.15, -0.1) is 0 Å². The molecule has 0 amide bonds. The monoisotopic (exact) mass is 295 g/mol. The number of hydrogen-bond acceptors (Lipinski definition) is 3. The van der Waals surface area contributed by atoms with E-state index in [2.05, 4.69) is 0 Å². The van der Waals surface area contributed by atoms with Gasteiger partial charge in [0.15, 0.2) is 0 Å². The van der Waals surface area contributed by atoms with Crippen LogP contribution in [0.15, 0.2) is 36.4 Å². The summed E-state index contributed by atoms with van der Waals surface area (Å²) in [5.74, 6) is 0.503. The second-order valence-corrected chi connectivity index (χ2v) is 4.58. The van der Waals surface area contributed by atoms with Gasteiger partial charge in [0.25, 0.3) is 0 Å². The third-order valence-corrected chi connectivity index (χ3v) is 3.45. The fourth-order valence-electron chi connectivity index (χ4n) is 2.06. The van der Waals surface area contributed by atoms with Crippen molar-refractivity contribution in [3.63, 3.8) is 0 Å². The van der Waals surface area contributed by atoms with E-state index in [1.54, 1.807) is 30.3 Å². The van der Waals surface area contributed by atoms with Crippen LogP contribution in [0.4, 0.5) is 4.39 Å². The lowest BCUT2D eigenvalue weighted by atomic mass is 9.98. The molecule has 0 aromatic heterocycles. The summed E-state index contributed by atoms with van der Waals surface area (Å²) in [6, 6.07) is 9.08. The van der Waals surface area contributed by atoms with E-state index in [0.717, 1.165) is 0 Å². The second-order valence-electron chi connectivity index (χ2n) is 4.20. The van der Waals surface area contributed by atoms with E-state index >= 15 is 0 Å². The summed E-state index contributed by atoms with van der Waals surface area (Å²) >= 11 is 6.19. The van der Waals surface area contributed by atoms with Crippen molar-refractivity contribution in [3.8, 4) is 11.5 Å². The molecule has 2 aromatic carbocycles. The van der Waals surface area contributed by atoms with Gasteiger partial charge in [0.2, 0.25) is 0 Å². The molecule has 1 atom stereocenters. The molecule has 5 heteroatoms. The minimum Gasteiger partial charge on any atom is -0.495 e. The van der Waals surface area contributed by atoms with Crippen LogP contribution < -0.4 is 15.2 Å². The zero-order valence-electron chi connectivity index (χ0n) is 11.2. The van der Waals surface area contributed by atoms with Crippen LogP contribution in [-0.2, 0) is 0 Å². The van der Waals surface area contributed by atoms with E-state index in [1.165, 1.54) is 20.3 Å². The number of rotatable bonds is 4. The quantitative estimate of drug-likeness (QED) is 0.938. The Kier molecular flexibility index (Phi) is 4.47. The van der Waals surface area contributed by atoms with Crippen LogP contribution in [0.2, 0.25) is 5.02 Å². The molecule has 0 bridgehead atoms. The molecular weight excluding hydrogens is 281 g/mol. The minimum absolute atomic E-state index is 0.319. The SMILES string of the molecule is COc1ccc(C(N)c2ccccc2F)c(OC)c1Cl.